The Labute approximate surface area is 172 Å². The predicted octanol–water partition coefficient (Wildman–Crippen LogP) is 3.92. The van der Waals surface area contributed by atoms with Gasteiger partial charge >= 0.3 is 0 Å². The number of amides is 2. The van der Waals surface area contributed by atoms with Crippen molar-refractivity contribution in [3.63, 3.8) is 0 Å². The van der Waals surface area contributed by atoms with Crippen molar-refractivity contribution in [2.75, 3.05) is 12.3 Å². The number of nitrogens with zero attached hydrogens (tertiary/aromatic N) is 2. The Morgan fingerprint density at radius 1 is 1.44 bits per heavy atom. The number of halogens is 1. The van der Waals surface area contributed by atoms with Crippen LogP contribution in [0.4, 0.5) is 0 Å². The maximum atomic E-state index is 12.6. The summed E-state index contributed by atoms with van der Waals surface area (Å²) in [6.45, 7) is 2.87. The zero-order valence-corrected chi connectivity index (χ0v) is 17.6. The molecular formula is C20H22BrN3O2S. The van der Waals surface area contributed by atoms with E-state index in [2.05, 4.69) is 34.2 Å². The van der Waals surface area contributed by atoms with E-state index < -0.39 is 0 Å². The molecule has 27 heavy (non-hydrogen) atoms. The molecule has 0 radical (unpaired) electrons. The van der Waals surface area contributed by atoms with Crippen molar-refractivity contribution >= 4 is 39.5 Å². The minimum atomic E-state index is -0.284. The second kappa shape index (κ2) is 8.94. The largest absolute Gasteiger partial charge is 0.339 e. The zero-order chi connectivity index (χ0) is 19.4. The second-order valence-corrected chi connectivity index (χ2v) is 8.84. The number of hydrogen-bond donors (Lipinski definition) is 1. The average Bonchev–Trinajstić information content (AvgIpc) is 2.66. The monoisotopic (exact) mass is 447 g/mol. The second-order valence-electron chi connectivity index (χ2n) is 6.94. The molecule has 1 aromatic rings. The van der Waals surface area contributed by atoms with Crippen LogP contribution < -0.4 is 5.32 Å². The molecule has 1 N–H and O–H groups in total. The topological polar surface area (TPSA) is 73.2 Å². The third-order valence-electron chi connectivity index (χ3n) is 5.07. The highest BCUT2D eigenvalue weighted by molar-refractivity contribution is 9.10. The summed E-state index contributed by atoms with van der Waals surface area (Å²) in [6, 6.07) is 10.2. The van der Waals surface area contributed by atoms with Crippen LogP contribution in [0.25, 0.3) is 0 Å². The number of thioether (sulfide) groups is 1. The lowest BCUT2D eigenvalue weighted by Crippen LogP contribution is -2.43. The van der Waals surface area contributed by atoms with E-state index in [4.69, 9.17) is 0 Å². The fourth-order valence-electron chi connectivity index (χ4n) is 3.63. The highest BCUT2D eigenvalue weighted by Gasteiger charge is 2.31. The van der Waals surface area contributed by atoms with E-state index in [-0.39, 0.29) is 35.9 Å². The normalized spacial score (nSPS) is 23.0. The van der Waals surface area contributed by atoms with Crippen molar-refractivity contribution in [1.82, 2.24) is 10.2 Å². The molecule has 0 unspecified atom stereocenters. The number of carbonyl (C=O) groups excluding carboxylic acids is 2. The van der Waals surface area contributed by atoms with Crippen LogP contribution in [-0.4, -0.2) is 35.1 Å². The van der Waals surface area contributed by atoms with E-state index in [1.165, 1.54) is 11.8 Å². The molecule has 2 amide bonds. The Morgan fingerprint density at radius 2 is 2.26 bits per heavy atom. The van der Waals surface area contributed by atoms with Crippen LogP contribution in [0.2, 0.25) is 0 Å². The molecule has 0 saturated carbocycles. The van der Waals surface area contributed by atoms with Gasteiger partial charge in [0.15, 0.2) is 0 Å². The standard InChI is InChI=1S/C20H22BrN3O2S/c1-13-5-2-3-8-24(13)19(26)12-27-20-17(11-22)16(10-18(25)23-20)14-6-4-7-15(21)9-14/h4,6-7,9,13,16H,2-3,5,8,10,12H2,1H3,(H,23,25)/t13-,16-/m1/s1. The van der Waals surface area contributed by atoms with E-state index in [0.29, 0.717) is 10.6 Å². The lowest BCUT2D eigenvalue weighted by atomic mass is 9.87. The van der Waals surface area contributed by atoms with Crippen LogP contribution in [0.1, 0.15) is 44.1 Å². The molecule has 0 aliphatic carbocycles. The van der Waals surface area contributed by atoms with Gasteiger partial charge in [-0.2, -0.15) is 5.26 Å². The molecule has 142 valence electrons. The van der Waals surface area contributed by atoms with E-state index in [1.54, 1.807) is 0 Å². The number of hydrogen-bond acceptors (Lipinski definition) is 4. The number of rotatable bonds is 4. The lowest BCUT2D eigenvalue weighted by Gasteiger charge is -2.33. The predicted molar refractivity (Wildman–Crippen MR) is 110 cm³/mol. The first-order valence-electron chi connectivity index (χ1n) is 9.11. The summed E-state index contributed by atoms with van der Waals surface area (Å²) in [4.78, 5) is 26.7. The summed E-state index contributed by atoms with van der Waals surface area (Å²) in [5, 5.41) is 13.0. The summed E-state index contributed by atoms with van der Waals surface area (Å²) in [7, 11) is 0. The molecule has 0 aromatic heterocycles. The highest BCUT2D eigenvalue weighted by atomic mass is 79.9. The average molecular weight is 448 g/mol. The van der Waals surface area contributed by atoms with Crippen LogP contribution in [-0.2, 0) is 9.59 Å². The Bertz CT molecular complexity index is 818. The van der Waals surface area contributed by atoms with E-state index in [1.807, 2.05) is 29.2 Å². The van der Waals surface area contributed by atoms with Crippen molar-refractivity contribution in [2.24, 2.45) is 0 Å². The Balaban J connectivity index is 1.78. The van der Waals surface area contributed by atoms with Gasteiger partial charge in [0.05, 0.1) is 22.4 Å². The summed E-state index contributed by atoms with van der Waals surface area (Å²) >= 11 is 4.71. The van der Waals surface area contributed by atoms with Crippen LogP contribution in [0.15, 0.2) is 39.3 Å². The molecule has 7 heteroatoms. The van der Waals surface area contributed by atoms with Crippen molar-refractivity contribution < 1.29 is 9.59 Å². The van der Waals surface area contributed by atoms with E-state index in [9.17, 15) is 14.9 Å². The minimum absolute atomic E-state index is 0.0656. The van der Waals surface area contributed by atoms with Crippen molar-refractivity contribution in [3.05, 3.63) is 44.9 Å². The van der Waals surface area contributed by atoms with Crippen LogP contribution in [0.5, 0.6) is 0 Å². The van der Waals surface area contributed by atoms with Gasteiger partial charge in [-0.3, -0.25) is 9.59 Å². The van der Waals surface area contributed by atoms with Gasteiger partial charge in [-0.15, -0.1) is 0 Å². The van der Waals surface area contributed by atoms with Gasteiger partial charge in [-0.1, -0.05) is 39.8 Å². The smallest absolute Gasteiger partial charge is 0.233 e. The SMILES string of the molecule is C[C@@H]1CCCCN1C(=O)CSC1=C(C#N)[C@@H](c2cccc(Br)c2)CC(=O)N1. The number of allylic oxidation sites excluding steroid dienone is 1. The first-order chi connectivity index (χ1) is 13.0. The molecule has 0 spiro atoms. The molecule has 1 fully saturated rings. The Morgan fingerprint density at radius 3 is 2.96 bits per heavy atom. The van der Waals surface area contributed by atoms with Crippen LogP contribution >= 0.6 is 27.7 Å². The summed E-state index contributed by atoms with van der Waals surface area (Å²) < 4.78 is 0.909. The molecule has 1 aromatic carbocycles. The van der Waals surface area contributed by atoms with Crippen molar-refractivity contribution in [3.8, 4) is 6.07 Å². The lowest BCUT2D eigenvalue weighted by molar-refractivity contribution is -0.131. The van der Waals surface area contributed by atoms with Crippen molar-refractivity contribution in [1.29, 1.82) is 5.26 Å². The molecule has 2 aliphatic heterocycles. The number of piperidine rings is 1. The number of carbonyl (C=O) groups is 2. The molecule has 3 rings (SSSR count). The minimum Gasteiger partial charge on any atom is -0.339 e. The number of benzene rings is 1. The van der Waals surface area contributed by atoms with E-state index in [0.717, 1.165) is 35.8 Å². The van der Waals surface area contributed by atoms with Gasteiger partial charge in [-0.05, 0) is 43.9 Å². The summed E-state index contributed by atoms with van der Waals surface area (Å²) in [5.74, 6) is -0.111. The first-order valence-corrected chi connectivity index (χ1v) is 10.9. The molecule has 2 heterocycles. The van der Waals surface area contributed by atoms with Gasteiger partial charge in [0.2, 0.25) is 11.8 Å². The third-order valence-corrected chi connectivity index (χ3v) is 6.57. The maximum Gasteiger partial charge on any atom is 0.233 e. The van der Waals surface area contributed by atoms with Crippen LogP contribution in [0, 0.1) is 11.3 Å². The number of nitrogens with one attached hydrogen (secondary N) is 1. The highest BCUT2D eigenvalue weighted by Crippen LogP contribution is 2.36. The Kier molecular flexibility index (Phi) is 6.61. The van der Waals surface area contributed by atoms with Gasteiger partial charge in [-0.25, -0.2) is 0 Å². The molecule has 1 saturated heterocycles. The van der Waals surface area contributed by atoms with E-state index >= 15 is 0 Å². The van der Waals surface area contributed by atoms with Gasteiger partial charge < -0.3 is 10.2 Å². The number of nitriles is 1. The molecular weight excluding hydrogens is 426 g/mol. The van der Waals surface area contributed by atoms with Crippen LogP contribution in [0.3, 0.4) is 0 Å². The third kappa shape index (κ3) is 4.74. The fourth-order valence-corrected chi connectivity index (χ4v) is 5.01. The van der Waals surface area contributed by atoms with Gasteiger partial charge in [0, 0.05) is 29.4 Å². The van der Waals surface area contributed by atoms with Gasteiger partial charge in [0.1, 0.15) is 0 Å². The molecule has 0 bridgehead atoms. The summed E-state index contributed by atoms with van der Waals surface area (Å²) in [6.07, 6.45) is 3.46. The maximum absolute atomic E-state index is 12.6. The van der Waals surface area contributed by atoms with Crippen molar-refractivity contribution in [2.45, 2.75) is 44.6 Å². The first kappa shape index (κ1) is 20.0. The quantitative estimate of drug-likeness (QED) is 0.758. The molecule has 5 nitrogen and oxygen atoms in total. The fraction of sp³-hybridized carbons (Fsp3) is 0.450. The summed E-state index contributed by atoms with van der Waals surface area (Å²) in [5.41, 5.74) is 1.45. The molecule has 2 atom stereocenters. The Hall–Kier alpha value is -1.78. The molecule has 2 aliphatic rings. The van der Waals surface area contributed by atoms with Gasteiger partial charge in [0.25, 0.3) is 0 Å². The number of likely N-dealkylation sites (tertiary alicyclic amines) is 1. The zero-order valence-electron chi connectivity index (χ0n) is 15.2.